The minimum Gasteiger partial charge on any atom is -0.493 e. The number of hydrogen-bond acceptors (Lipinski definition) is 7. The summed E-state index contributed by atoms with van der Waals surface area (Å²) in [4.78, 5) is 26.0. The maximum Gasteiger partial charge on any atom is 0.361 e. The Hall–Kier alpha value is -3.68. The second kappa shape index (κ2) is 8.34. The van der Waals surface area contributed by atoms with E-state index in [1.165, 1.54) is 25.1 Å². The highest BCUT2D eigenvalue weighted by atomic mass is 16.5. The van der Waals surface area contributed by atoms with Crippen LogP contribution in [-0.2, 0) is 4.74 Å². The fourth-order valence-corrected chi connectivity index (χ4v) is 2.54. The highest BCUT2D eigenvalue weighted by Gasteiger charge is 2.20. The van der Waals surface area contributed by atoms with Crippen molar-refractivity contribution in [1.82, 2.24) is 15.0 Å². The van der Waals surface area contributed by atoms with E-state index in [0.717, 1.165) is 0 Å². The molecular formula is C20H19N3O5. The standard InChI is InChI=1S/C20H19N3O5/c1-13-19(22-23(21-13)15-7-5-4-6-8-15)20(25)28-12-16(24)14-9-10-17(26-2)18(11-14)27-3/h4-11H,12H2,1-3H3. The average molecular weight is 381 g/mol. The lowest BCUT2D eigenvalue weighted by atomic mass is 10.1. The molecule has 0 atom stereocenters. The Morgan fingerprint density at radius 2 is 1.68 bits per heavy atom. The number of carbonyl (C=O) groups excluding carboxylic acids is 2. The normalized spacial score (nSPS) is 10.4. The summed E-state index contributed by atoms with van der Waals surface area (Å²) in [6.07, 6.45) is 0. The molecule has 0 amide bonds. The summed E-state index contributed by atoms with van der Waals surface area (Å²) in [5.74, 6) is -0.165. The third-order valence-corrected chi connectivity index (χ3v) is 4.00. The van der Waals surface area contributed by atoms with Gasteiger partial charge in [0.2, 0.25) is 0 Å². The van der Waals surface area contributed by atoms with Gasteiger partial charge in [-0.25, -0.2) is 4.79 Å². The predicted molar refractivity (Wildman–Crippen MR) is 100 cm³/mol. The van der Waals surface area contributed by atoms with Crippen LogP contribution < -0.4 is 9.47 Å². The molecule has 28 heavy (non-hydrogen) atoms. The van der Waals surface area contributed by atoms with Crippen molar-refractivity contribution in [2.24, 2.45) is 0 Å². The molecule has 8 nitrogen and oxygen atoms in total. The maximum absolute atomic E-state index is 12.3. The molecule has 0 aliphatic carbocycles. The number of para-hydroxylation sites is 1. The number of ether oxygens (including phenoxy) is 3. The van der Waals surface area contributed by atoms with Gasteiger partial charge in [0.15, 0.2) is 29.6 Å². The molecule has 0 saturated heterocycles. The smallest absolute Gasteiger partial charge is 0.361 e. The maximum atomic E-state index is 12.3. The first kappa shape index (κ1) is 19.1. The van der Waals surface area contributed by atoms with Gasteiger partial charge in [-0.15, -0.1) is 5.10 Å². The van der Waals surface area contributed by atoms with Crippen molar-refractivity contribution in [3.05, 3.63) is 65.5 Å². The SMILES string of the molecule is COc1ccc(C(=O)COC(=O)c2nn(-c3ccccc3)nc2C)cc1OC. The predicted octanol–water partition coefficient (Wildman–Crippen LogP) is 2.63. The first-order chi connectivity index (χ1) is 13.5. The van der Waals surface area contributed by atoms with Crippen molar-refractivity contribution >= 4 is 11.8 Å². The minimum absolute atomic E-state index is 0.0592. The number of methoxy groups -OCH3 is 2. The monoisotopic (exact) mass is 381 g/mol. The van der Waals surface area contributed by atoms with E-state index in [4.69, 9.17) is 14.2 Å². The Balaban J connectivity index is 1.69. The number of aromatic nitrogens is 3. The largest absolute Gasteiger partial charge is 0.493 e. The molecule has 0 saturated carbocycles. The van der Waals surface area contributed by atoms with Gasteiger partial charge in [0.05, 0.1) is 25.6 Å². The number of rotatable bonds is 7. The lowest BCUT2D eigenvalue weighted by Gasteiger charge is -2.09. The molecule has 0 aliphatic heterocycles. The summed E-state index contributed by atoms with van der Waals surface area (Å²) in [6.45, 7) is 1.23. The summed E-state index contributed by atoms with van der Waals surface area (Å²) >= 11 is 0. The van der Waals surface area contributed by atoms with Crippen LogP contribution in [0, 0.1) is 6.92 Å². The molecule has 0 fully saturated rings. The Labute approximate surface area is 161 Å². The van der Waals surface area contributed by atoms with Gasteiger partial charge in [0.1, 0.15) is 0 Å². The van der Waals surface area contributed by atoms with E-state index in [0.29, 0.717) is 28.4 Å². The van der Waals surface area contributed by atoms with Crippen LogP contribution in [-0.4, -0.2) is 47.6 Å². The van der Waals surface area contributed by atoms with E-state index >= 15 is 0 Å². The molecule has 2 aromatic carbocycles. The van der Waals surface area contributed by atoms with Crippen LogP contribution in [0.25, 0.3) is 5.69 Å². The van der Waals surface area contributed by atoms with Crippen molar-refractivity contribution in [1.29, 1.82) is 0 Å². The average Bonchev–Trinajstić information content (AvgIpc) is 3.13. The van der Waals surface area contributed by atoms with Crippen LogP contribution in [0.5, 0.6) is 11.5 Å². The number of esters is 1. The van der Waals surface area contributed by atoms with Crippen LogP contribution in [0.15, 0.2) is 48.5 Å². The Morgan fingerprint density at radius 3 is 2.36 bits per heavy atom. The van der Waals surface area contributed by atoms with Gasteiger partial charge in [-0.3, -0.25) is 4.79 Å². The quantitative estimate of drug-likeness (QED) is 0.459. The van der Waals surface area contributed by atoms with Crippen molar-refractivity contribution in [2.45, 2.75) is 6.92 Å². The fraction of sp³-hybridized carbons (Fsp3) is 0.200. The molecule has 0 radical (unpaired) electrons. The molecule has 1 heterocycles. The zero-order chi connectivity index (χ0) is 20.1. The van der Waals surface area contributed by atoms with E-state index < -0.39 is 12.6 Å². The van der Waals surface area contributed by atoms with Crippen molar-refractivity contribution in [3.63, 3.8) is 0 Å². The lowest BCUT2D eigenvalue weighted by molar-refractivity contribution is 0.0467. The van der Waals surface area contributed by atoms with Crippen molar-refractivity contribution in [2.75, 3.05) is 20.8 Å². The zero-order valence-electron chi connectivity index (χ0n) is 15.7. The molecule has 3 aromatic rings. The van der Waals surface area contributed by atoms with Gasteiger partial charge in [-0.1, -0.05) is 18.2 Å². The Morgan fingerprint density at radius 1 is 0.964 bits per heavy atom. The molecule has 0 N–H and O–H groups in total. The lowest BCUT2D eigenvalue weighted by Crippen LogP contribution is -2.15. The summed E-state index contributed by atoms with van der Waals surface area (Å²) in [5, 5.41) is 8.38. The second-order valence-corrected chi connectivity index (χ2v) is 5.83. The zero-order valence-corrected chi connectivity index (χ0v) is 15.7. The van der Waals surface area contributed by atoms with E-state index in [2.05, 4.69) is 10.2 Å². The Bertz CT molecular complexity index is 998. The van der Waals surface area contributed by atoms with Crippen LogP contribution in [0.2, 0.25) is 0 Å². The topological polar surface area (TPSA) is 92.5 Å². The van der Waals surface area contributed by atoms with E-state index in [1.54, 1.807) is 19.1 Å². The fourth-order valence-electron chi connectivity index (χ4n) is 2.54. The molecule has 3 rings (SSSR count). The van der Waals surface area contributed by atoms with E-state index in [9.17, 15) is 9.59 Å². The van der Waals surface area contributed by atoms with Crippen LogP contribution in [0.1, 0.15) is 26.5 Å². The molecule has 0 bridgehead atoms. The minimum atomic E-state index is -0.714. The van der Waals surface area contributed by atoms with Crippen LogP contribution >= 0.6 is 0 Å². The summed E-state index contributed by atoms with van der Waals surface area (Å²) < 4.78 is 15.4. The van der Waals surface area contributed by atoms with Gasteiger partial charge in [0.25, 0.3) is 0 Å². The number of hydrogen-bond donors (Lipinski definition) is 0. The van der Waals surface area contributed by atoms with Gasteiger partial charge >= 0.3 is 5.97 Å². The molecule has 8 heteroatoms. The molecule has 144 valence electrons. The highest BCUT2D eigenvalue weighted by molar-refractivity contribution is 5.99. The second-order valence-electron chi connectivity index (χ2n) is 5.83. The van der Waals surface area contributed by atoms with E-state index in [-0.39, 0.29) is 11.5 Å². The highest BCUT2D eigenvalue weighted by Crippen LogP contribution is 2.27. The van der Waals surface area contributed by atoms with E-state index in [1.807, 2.05) is 30.3 Å². The number of benzene rings is 2. The third-order valence-electron chi connectivity index (χ3n) is 4.00. The van der Waals surface area contributed by atoms with Crippen LogP contribution in [0.4, 0.5) is 0 Å². The number of nitrogens with zero attached hydrogens (tertiary/aromatic N) is 3. The first-order valence-electron chi connectivity index (χ1n) is 8.45. The number of Topliss-reactive ketones (excluding diaryl/α,β-unsaturated/α-hetero) is 1. The van der Waals surface area contributed by atoms with Crippen molar-refractivity contribution in [3.8, 4) is 17.2 Å². The molecule has 1 aromatic heterocycles. The summed E-state index contributed by atoms with van der Waals surface area (Å²) in [7, 11) is 2.98. The van der Waals surface area contributed by atoms with Gasteiger partial charge in [-0.2, -0.15) is 9.90 Å². The van der Waals surface area contributed by atoms with Gasteiger partial charge < -0.3 is 14.2 Å². The van der Waals surface area contributed by atoms with Gasteiger partial charge in [0, 0.05) is 5.56 Å². The third kappa shape index (κ3) is 4.01. The first-order valence-corrected chi connectivity index (χ1v) is 8.45. The molecular weight excluding hydrogens is 362 g/mol. The summed E-state index contributed by atoms with van der Waals surface area (Å²) in [6, 6.07) is 13.9. The molecule has 0 unspecified atom stereocenters. The number of carbonyl (C=O) groups is 2. The molecule has 0 spiro atoms. The Kier molecular flexibility index (Phi) is 5.69. The number of ketones is 1. The van der Waals surface area contributed by atoms with Gasteiger partial charge in [-0.05, 0) is 37.3 Å². The summed E-state index contributed by atoms with van der Waals surface area (Å²) in [5.41, 5.74) is 1.53. The van der Waals surface area contributed by atoms with Crippen molar-refractivity contribution < 1.29 is 23.8 Å². The number of aryl methyl sites for hydroxylation is 1. The van der Waals surface area contributed by atoms with Crippen LogP contribution in [0.3, 0.4) is 0 Å². The molecule has 0 aliphatic rings.